The third kappa shape index (κ3) is 4.06. The number of benzene rings is 6. The predicted octanol–water partition coefficient (Wildman–Crippen LogP) is 8.29. The van der Waals surface area contributed by atoms with Crippen molar-refractivity contribution in [2.75, 3.05) is 0 Å². The molecular formula is C40H27N4OP. The summed E-state index contributed by atoms with van der Waals surface area (Å²) in [7, 11) is -3.02. The Kier molecular flexibility index (Phi) is 6.02. The van der Waals surface area contributed by atoms with E-state index in [-0.39, 0.29) is 0 Å². The first-order chi connectivity index (χ1) is 22.7. The van der Waals surface area contributed by atoms with Crippen LogP contribution in [0.2, 0.25) is 0 Å². The van der Waals surface area contributed by atoms with Crippen molar-refractivity contribution < 1.29 is 4.57 Å². The monoisotopic (exact) mass is 610 g/mol. The van der Waals surface area contributed by atoms with Crippen molar-refractivity contribution in [1.29, 1.82) is 0 Å². The zero-order valence-corrected chi connectivity index (χ0v) is 25.6. The van der Waals surface area contributed by atoms with Gasteiger partial charge in [0.1, 0.15) is 0 Å². The van der Waals surface area contributed by atoms with Gasteiger partial charge in [0.05, 0.1) is 22.1 Å². The van der Waals surface area contributed by atoms with Crippen LogP contribution in [-0.2, 0) is 4.57 Å². The molecule has 3 aromatic heterocycles. The van der Waals surface area contributed by atoms with E-state index in [0.717, 1.165) is 71.6 Å². The average Bonchev–Trinajstić information content (AvgIpc) is 3.65. The second-order valence-corrected chi connectivity index (χ2v) is 14.2. The maximum atomic E-state index is 14.8. The van der Waals surface area contributed by atoms with Gasteiger partial charge in [-0.15, -0.1) is 0 Å². The highest BCUT2D eigenvalue weighted by Crippen LogP contribution is 2.42. The zero-order chi connectivity index (χ0) is 30.7. The lowest BCUT2D eigenvalue weighted by atomic mass is 10.1. The largest absolute Gasteiger partial charge is 0.309 e. The first kappa shape index (κ1) is 26.6. The highest BCUT2D eigenvalue weighted by molar-refractivity contribution is 7.85. The lowest BCUT2D eigenvalue weighted by molar-refractivity contribution is 0.592. The Balaban J connectivity index is 1.14. The summed E-state index contributed by atoms with van der Waals surface area (Å²) >= 11 is 0. The number of aromatic nitrogens is 4. The van der Waals surface area contributed by atoms with E-state index in [9.17, 15) is 4.57 Å². The van der Waals surface area contributed by atoms with Gasteiger partial charge < -0.3 is 4.57 Å². The first-order valence-corrected chi connectivity index (χ1v) is 17.0. The fraction of sp³-hybridized carbons (Fsp3) is 0. The van der Waals surface area contributed by atoms with E-state index in [2.05, 4.69) is 69.6 Å². The van der Waals surface area contributed by atoms with E-state index >= 15 is 0 Å². The van der Waals surface area contributed by atoms with Crippen molar-refractivity contribution in [3.63, 3.8) is 0 Å². The van der Waals surface area contributed by atoms with E-state index in [0.29, 0.717) is 0 Å². The highest BCUT2D eigenvalue weighted by atomic mass is 31.2. The molecule has 9 aromatic rings. The molecule has 46 heavy (non-hydrogen) atoms. The molecule has 0 atom stereocenters. The van der Waals surface area contributed by atoms with Gasteiger partial charge >= 0.3 is 0 Å². The Morgan fingerprint density at radius 1 is 0.478 bits per heavy atom. The van der Waals surface area contributed by atoms with Crippen molar-refractivity contribution in [1.82, 2.24) is 18.9 Å². The molecule has 5 nitrogen and oxygen atoms in total. The molecule has 0 unspecified atom stereocenters. The van der Waals surface area contributed by atoms with Crippen LogP contribution in [0, 0.1) is 0 Å². The molecular weight excluding hydrogens is 583 g/mol. The van der Waals surface area contributed by atoms with Crippen LogP contribution in [0.4, 0.5) is 0 Å². The third-order valence-electron chi connectivity index (χ3n) is 8.81. The molecule has 0 saturated carbocycles. The molecule has 0 amide bonds. The summed E-state index contributed by atoms with van der Waals surface area (Å²) in [6.45, 7) is 0. The number of pyridine rings is 1. The maximum Gasteiger partial charge on any atom is 0.221 e. The van der Waals surface area contributed by atoms with Crippen LogP contribution < -0.4 is 15.9 Å². The Morgan fingerprint density at radius 2 is 1.02 bits per heavy atom. The summed E-state index contributed by atoms with van der Waals surface area (Å²) in [6.07, 6.45) is 0. The van der Waals surface area contributed by atoms with Crippen molar-refractivity contribution in [2.24, 2.45) is 0 Å². The molecule has 0 aliphatic carbocycles. The van der Waals surface area contributed by atoms with Crippen LogP contribution in [0.25, 0.3) is 55.7 Å². The topological polar surface area (TPSA) is 52.2 Å². The molecule has 0 aliphatic rings. The molecule has 9 rings (SSSR count). The number of fused-ring (bicyclic) bond motifs is 6. The number of hydrogen-bond donors (Lipinski definition) is 0. The van der Waals surface area contributed by atoms with Gasteiger partial charge in [-0.2, -0.15) is 0 Å². The minimum absolute atomic E-state index is 0.817. The smallest absolute Gasteiger partial charge is 0.221 e. The molecule has 0 N–H and O–H groups in total. The summed E-state index contributed by atoms with van der Waals surface area (Å²) in [5.41, 5.74) is 7.94. The predicted molar refractivity (Wildman–Crippen MR) is 190 cm³/mol. The summed E-state index contributed by atoms with van der Waals surface area (Å²) < 4.78 is 19.1. The number of hydrogen-bond acceptors (Lipinski definition) is 3. The minimum Gasteiger partial charge on any atom is -0.309 e. The number of rotatable bonds is 5. The van der Waals surface area contributed by atoms with E-state index in [1.54, 1.807) is 0 Å². The number of imidazole rings is 2. The molecule has 0 aliphatic heterocycles. The van der Waals surface area contributed by atoms with E-state index in [4.69, 9.17) is 9.97 Å². The minimum atomic E-state index is -3.02. The lowest BCUT2D eigenvalue weighted by Gasteiger charge is -2.20. The maximum absolute atomic E-state index is 14.8. The Hall–Kier alpha value is -5.77. The normalized spacial score (nSPS) is 12.0. The van der Waals surface area contributed by atoms with Crippen molar-refractivity contribution in [2.45, 2.75) is 0 Å². The summed E-state index contributed by atoms with van der Waals surface area (Å²) in [6, 6.07) is 54.9. The van der Waals surface area contributed by atoms with Gasteiger partial charge in [0.25, 0.3) is 0 Å². The van der Waals surface area contributed by atoms with Gasteiger partial charge in [0.2, 0.25) is 5.78 Å². The average molecular weight is 611 g/mol. The van der Waals surface area contributed by atoms with Crippen LogP contribution in [0.15, 0.2) is 164 Å². The summed E-state index contributed by atoms with van der Waals surface area (Å²) in [5, 5.41) is 3.56. The van der Waals surface area contributed by atoms with Gasteiger partial charge in [0.15, 0.2) is 12.8 Å². The third-order valence-corrected chi connectivity index (χ3v) is 11.9. The van der Waals surface area contributed by atoms with Crippen molar-refractivity contribution in [3.8, 4) is 16.8 Å². The molecule has 0 radical (unpaired) electrons. The van der Waals surface area contributed by atoms with E-state index in [1.165, 1.54) is 0 Å². The van der Waals surface area contributed by atoms with Crippen LogP contribution >= 0.6 is 7.14 Å². The van der Waals surface area contributed by atoms with Crippen molar-refractivity contribution in [3.05, 3.63) is 164 Å². The standard InChI is InChI=1S/C40H27N4OP/c45-46(32-12-3-1-4-13-32,33-14-5-2-6-15-33)34-25-21-29(22-26-34)28-19-23-31(24-20-28)43-38-27-30-11-7-8-16-35(30)41-39(38)44-37-18-10-9-17-36(37)42-40(43)44/h1-27H. The van der Waals surface area contributed by atoms with Crippen LogP contribution in [0.5, 0.6) is 0 Å². The lowest BCUT2D eigenvalue weighted by Crippen LogP contribution is -2.24. The van der Waals surface area contributed by atoms with E-state index in [1.807, 2.05) is 103 Å². The quantitative estimate of drug-likeness (QED) is 0.184. The van der Waals surface area contributed by atoms with Crippen LogP contribution in [0.3, 0.4) is 0 Å². The molecule has 0 fully saturated rings. The second kappa shape index (κ2) is 10.4. The van der Waals surface area contributed by atoms with Crippen LogP contribution in [0.1, 0.15) is 0 Å². The fourth-order valence-electron chi connectivity index (χ4n) is 6.55. The molecule has 0 saturated heterocycles. The molecule has 0 spiro atoms. The van der Waals surface area contributed by atoms with Gasteiger partial charge in [-0.1, -0.05) is 127 Å². The SMILES string of the molecule is O=P(c1ccccc1)(c1ccccc1)c1ccc(-c2ccc(-n3c4cc5ccccc5nc4n4c5ccccc5nc34)cc2)cc1. The van der Waals surface area contributed by atoms with Crippen LogP contribution in [-0.4, -0.2) is 18.9 Å². The highest BCUT2D eigenvalue weighted by Gasteiger charge is 2.29. The van der Waals surface area contributed by atoms with Gasteiger partial charge in [-0.05, 0) is 47.5 Å². The number of para-hydroxylation sites is 3. The van der Waals surface area contributed by atoms with E-state index < -0.39 is 7.14 Å². The Morgan fingerprint density at radius 3 is 1.70 bits per heavy atom. The fourth-order valence-corrected chi connectivity index (χ4v) is 9.20. The molecule has 3 heterocycles. The first-order valence-electron chi connectivity index (χ1n) is 15.3. The van der Waals surface area contributed by atoms with Gasteiger partial charge in [-0.25, -0.2) is 9.97 Å². The Labute approximate surface area is 265 Å². The van der Waals surface area contributed by atoms with Crippen molar-refractivity contribution >= 4 is 61.9 Å². The molecule has 218 valence electrons. The molecule has 6 aromatic carbocycles. The second-order valence-electron chi connectivity index (χ2n) is 11.5. The van der Waals surface area contributed by atoms with Gasteiger partial charge in [-0.3, -0.25) is 8.97 Å². The molecule has 0 bridgehead atoms. The Bertz CT molecular complexity index is 2540. The number of nitrogens with zero attached hydrogens (tertiary/aromatic N) is 4. The summed E-state index contributed by atoms with van der Waals surface area (Å²) in [5.74, 6) is 0.827. The van der Waals surface area contributed by atoms with Gasteiger partial charge in [0, 0.05) is 27.0 Å². The molecule has 6 heteroatoms. The summed E-state index contributed by atoms with van der Waals surface area (Å²) in [4.78, 5) is 10.1. The zero-order valence-electron chi connectivity index (χ0n) is 24.7.